The van der Waals surface area contributed by atoms with Crippen LogP contribution in [-0.2, 0) is 5.54 Å². The molecule has 0 spiro atoms. The van der Waals surface area contributed by atoms with E-state index in [0.717, 1.165) is 0 Å². The molecule has 4 aromatic carbocycles. The van der Waals surface area contributed by atoms with Crippen molar-refractivity contribution in [3.05, 3.63) is 119 Å². The molecule has 0 aromatic heterocycles. The van der Waals surface area contributed by atoms with Crippen molar-refractivity contribution in [3.63, 3.8) is 0 Å². The highest BCUT2D eigenvalue weighted by molar-refractivity contribution is 5.86. The Morgan fingerprint density at radius 3 is 1.34 bits per heavy atom. The third-order valence-electron chi connectivity index (χ3n) is 6.92. The maximum absolute atomic E-state index is 2.45. The maximum atomic E-state index is 2.45. The Morgan fingerprint density at radius 2 is 0.897 bits per heavy atom. The van der Waals surface area contributed by atoms with E-state index in [1.807, 2.05) is 0 Å². The monoisotopic (exact) mass is 373 g/mol. The van der Waals surface area contributed by atoms with Crippen LogP contribution in [0.15, 0.2) is 97.1 Å². The molecule has 0 aliphatic heterocycles. The Bertz CT molecular complexity index is 1160. The van der Waals surface area contributed by atoms with Gasteiger partial charge in [-0.3, -0.25) is 4.90 Å². The van der Waals surface area contributed by atoms with Crippen LogP contribution in [0.1, 0.15) is 28.2 Å². The second-order valence-electron chi connectivity index (χ2n) is 8.36. The largest absolute Gasteiger partial charge is 0.295 e. The van der Waals surface area contributed by atoms with Gasteiger partial charge >= 0.3 is 0 Å². The van der Waals surface area contributed by atoms with E-state index in [1.165, 1.54) is 44.5 Å². The fourth-order valence-corrected chi connectivity index (χ4v) is 5.90. The van der Waals surface area contributed by atoms with E-state index in [1.54, 1.807) is 0 Å². The number of rotatable bonds is 2. The molecule has 0 unspecified atom stereocenters. The molecule has 0 amide bonds. The molecule has 2 aliphatic carbocycles. The molecule has 6 rings (SSSR count). The van der Waals surface area contributed by atoms with Crippen molar-refractivity contribution < 1.29 is 0 Å². The molecule has 4 aromatic rings. The van der Waals surface area contributed by atoms with Gasteiger partial charge in [0, 0.05) is 5.92 Å². The first-order valence-corrected chi connectivity index (χ1v) is 10.3. The second kappa shape index (κ2) is 5.92. The lowest BCUT2D eigenvalue weighted by molar-refractivity contribution is 0.183. The third kappa shape index (κ3) is 1.98. The number of nitrogens with zero attached hydrogens (tertiary/aromatic N) is 1. The quantitative estimate of drug-likeness (QED) is 0.399. The predicted molar refractivity (Wildman–Crippen MR) is 120 cm³/mol. The Hall–Kier alpha value is -3.16. The summed E-state index contributed by atoms with van der Waals surface area (Å²) in [5, 5.41) is 0. The minimum Gasteiger partial charge on any atom is -0.295 e. The topological polar surface area (TPSA) is 3.24 Å². The van der Waals surface area contributed by atoms with Gasteiger partial charge in [-0.05, 0) is 58.6 Å². The number of hydrogen-bond donors (Lipinski definition) is 0. The van der Waals surface area contributed by atoms with E-state index < -0.39 is 0 Å². The molecule has 0 radical (unpaired) electrons. The lowest BCUT2D eigenvalue weighted by Gasteiger charge is -2.44. The molecule has 0 bridgehead atoms. The van der Waals surface area contributed by atoms with E-state index >= 15 is 0 Å². The average molecular weight is 373 g/mol. The summed E-state index contributed by atoms with van der Waals surface area (Å²) < 4.78 is 0. The van der Waals surface area contributed by atoms with Gasteiger partial charge in [-0.15, -0.1) is 0 Å². The Kier molecular flexibility index (Phi) is 3.42. The van der Waals surface area contributed by atoms with Gasteiger partial charge in [0.2, 0.25) is 0 Å². The van der Waals surface area contributed by atoms with Gasteiger partial charge in [0.25, 0.3) is 0 Å². The normalized spacial score (nSPS) is 15.7. The minimum atomic E-state index is -0.240. The minimum absolute atomic E-state index is 0.240. The lowest BCUT2D eigenvalue weighted by atomic mass is 9.70. The summed E-state index contributed by atoms with van der Waals surface area (Å²) in [5.41, 5.74) is 10.9. The van der Waals surface area contributed by atoms with Crippen LogP contribution in [0, 0.1) is 0 Å². The zero-order valence-electron chi connectivity index (χ0n) is 16.8. The van der Waals surface area contributed by atoms with E-state index in [-0.39, 0.29) is 11.5 Å². The van der Waals surface area contributed by atoms with Crippen LogP contribution in [0.3, 0.4) is 0 Å². The molecular formula is C28H23N. The van der Waals surface area contributed by atoms with Gasteiger partial charge in [0.15, 0.2) is 0 Å². The standard InChI is InChI=1S/C28H23N/c1-29(2)28(25-17-9-7-13-21(25)22-14-8-10-18-26(22)28)27-23-15-5-3-11-19(23)20-12-4-6-16-24(20)27/h3-18,27H,1-2H3. The smallest absolute Gasteiger partial charge is 0.0833 e. The fourth-order valence-electron chi connectivity index (χ4n) is 5.90. The van der Waals surface area contributed by atoms with Crippen LogP contribution in [0.2, 0.25) is 0 Å². The first kappa shape index (κ1) is 16.8. The van der Waals surface area contributed by atoms with Crippen LogP contribution in [0.4, 0.5) is 0 Å². The summed E-state index contributed by atoms with van der Waals surface area (Å²) in [6, 6.07) is 35.9. The maximum Gasteiger partial charge on any atom is 0.0833 e. The van der Waals surface area contributed by atoms with Crippen LogP contribution in [0.25, 0.3) is 22.3 Å². The average Bonchev–Trinajstić information content (AvgIpc) is 3.25. The second-order valence-corrected chi connectivity index (χ2v) is 8.36. The highest BCUT2D eigenvalue weighted by atomic mass is 15.2. The Labute approximate surface area is 172 Å². The molecule has 0 atom stereocenters. The van der Waals surface area contributed by atoms with Gasteiger partial charge in [0.05, 0.1) is 5.54 Å². The van der Waals surface area contributed by atoms with Crippen molar-refractivity contribution in [1.29, 1.82) is 0 Å². The van der Waals surface area contributed by atoms with E-state index in [2.05, 4.69) is 116 Å². The molecule has 1 heteroatoms. The number of benzene rings is 4. The molecule has 0 heterocycles. The molecule has 0 saturated heterocycles. The van der Waals surface area contributed by atoms with E-state index in [4.69, 9.17) is 0 Å². The van der Waals surface area contributed by atoms with Gasteiger partial charge in [-0.25, -0.2) is 0 Å². The lowest BCUT2D eigenvalue weighted by Crippen LogP contribution is -2.46. The van der Waals surface area contributed by atoms with Gasteiger partial charge in [0.1, 0.15) is 0 Å². The Balaban J connectivity index is 1.77. The molecule has 0 N–H and O–H groups in total. The van der Waals surface area contributed by atoms with Crippen molar-refractivity contribution in [2.75, 3.05) is 14.1 Å². The van der Waals surface area contributed by atoms with Crippen LogP contribution >= 0.6 is 0 Å². The van der Waals surface area contributed by atoms with E-state index in [0.29, 0.717) is 0 Å². The molecule has 1 nitrogen and oxygen atoms in total. The van der Waals surface area contributed by atoms with Gasteiger partial charge in [-0.2, -0.15) is 0 Å². The molecule has 140 valence electrons. The van der Waals surface area contributed by atoms with Crippen molar-refractivity contribution in [2.45, 2.75) is 11.5 Å². The van der Waals surface area contributed by atoms with Crippen LogP contribution in [0.5, 0.6) is 0 Å². The van der Waals surface area contributed by atoms with Crippen molar-refractivity contribution >= 4 is 0 Å². The third-order valence-corrected chi connectivity index (χ3v) is 6.92. The molecule has 29 heavy (non-hydrogen) atoms. The molecule has 0 fully saturated rings. The van der Waals surface area contributed by atoms with Crippen LogP contribution < -0.4 is 0 Å². The summed E-state index contributed by atoms with van der Waals surface area (Å²) >= 11 is 0. The molecule has 0 saturated carbocycles. The molecule has 2 aliphatic rings. The summed E-state index contributed by atoms with van der Waals surface area (Å²) in [6.07, 6.45) is 0. The first-order valence-electron chi connectivity index (χ1n) is 10.3. The number of likely N-dealkylation sites (N-methyl/N-ethyl adjacent to an activating group) is 1. The zero-order valence-corrected chi connectivity index (χ0v) is 16.8. The Morgan fingerprint density at radius 1 is 0.517 bits per heavy atom. The van der Waals surface area contributed by atoms with Crippen molar-refractivity contribution in [2.24, 2.45) is 0 Å². The fraction of sp³-hybridized carbons (Fsp3) is 0.143. The highest BCUT2D eigenvalue weighted by Crippen LogP contribution is 2.62. The van der Waals surface area contributed by atoms with Gasteiger partial charge < -0.3 is 0 Å². The van der Waals surface area contributed by atoms with Crippen molar-refractivity contribution in [3.8, 4) is 22.3 Å². The van der Waals surface area contributed by atoms with Gasteiger partial charge in [-0.1, -0.05) is 97.1 Å². The number of hydrogen-bond acceptors (Lipinski definition) is 1. The SMILES string of the molecule is CN(C)C1(C2c3ccccc3-c3ccccc32)c2ccccc2-c2ccccc21. The summed E-state index contributed by atoms with van der Waals surface area (Å²) in [7, 11) is 4.48. The predicted octanol–water partition coefficient (Wildman–Crippen LogP) is 6.28. The summed E-state index contributed by atoms with van der Waals surface area (Å²) in [4.78, 5) is 2.45. The van der Waals surface area contributed by atoms with E-state index in [9.17, 15) is 0 Å². The zero-order chi connectivity index (χ0) is 19.6. The van der Waals surface area contributed by atoms with Crippen LogP contribution in [-0.4, -0.2) is 19.0 Å². The highest BCUT2D eigenvalue weighted by Gasteiger charge is 2.53. The summed E-state index contributed by atoms with van der Waals surface area (Å²) in [6.45, 7) is 0. The number of fused-ring (bicyclic) bond motifs is 6. The summed E-state index contributed by atoms with van der Waals surface area (Å²) in [5.74, 6) is 0.245. The molecular weight excluding hydrogens is 350 g/mol. The first-order chi connectivity index (χ1) is 14.2. The van der Waals surface area contributed by atoms with Crippen molar-refractivity contribution in [1.82, 2.24) is 4.90 Å².